The van der Waals surface area contributed by atoms with Crippen LogP contribution in [0.25, 0.3) is 54.0 Å². The molecule has 0 N–H and O–H groups in total. The third-order valence-corrected chi connectivity index (χ3v) is 4.57. The number of halogens is 2. The molecule has 26 heavy (non-hydrogen) atoms. The second-order valence-corrected chi connectivity index (χ2v) is 5.91. The summed E-state index contributed by atoms with van der Waals surface area (Å²) in [6.45, 7) is 14.8. The number of hydrogen-bond donors (Lipinski definition) is 0. The minimum atomic E-state index is -0.981. The van der Waals surface area contributed by atoms with E-state index in [1.807, 2.05) is 0 Å². The Morgan fingerprint density at radius 2 is 1.15 bits per heavy atom. The Morgan fingerprint density at radius 1 is 0.692 bits per heavy atom. The monoisotopic (exact) mass is 340 g/mol. The molecule has 1 heterocycles. The van der Waals surface area contributed by atoms with Crippen LogP contribution in [-0.2, 0) is 0 Å². The van der Waals surface area contributed by atoms with Crippen LogP contribution in [0.2, 0.25) is 0 Å². The van der Waals surface area contributed by atoms with Crippen molar-refractivity contribution in [3.05, 3.63) is 70.9 Å². The fourth-order valence-electron chi connectivity index (χ4n) is 3.47. The molecule has 0 amide bonds. The highest BCUT2D eigenvalue weighted by Crippen LogP contribution is 2.50. The summed E-state index contributed by atoms with van der Waals surface area (Å²) in [6.07, 6.45) is 0. The van der Waals surface area contributed by atoms with Crippen LogP contribution in [0, 0.1) is 24.8 Å². The van der Waals surface area contributed by atoms with Crippen molar-refractivity contribution in [2.45, 2.75) is 0 Å². The maximum Gasteiger partial charge on any atom is 0.184 e. The van der Waals surface area contributed by atoms with Crippen molar-refractivity contribution in [2.75, 3.05) is 0 Å². The Balaban J connectivity index is 1.97. The standard InChI is InChI=1S/C20H6F2N4/c1-23-13-5-3-9-17-10(4-6-14(24-2)18(13)17)20-19(9)25-15-7-11(21)12(22)8-16(15)26-20/h3-8H. The average Bonchev–Trinajstić information content (AvgIpc) is 2.96. The molecule has 0 radical (unpaired) electrons. The van der Waals surface area contributed by atoms with Crippen LogP contribution < -0.4 is 0 Å². The normalized spacial score (nSPS) is 11.4. The van der Waals surface area contributed by atoms with Crippen molar-refractivity contribution < 1.29 is 8.78 Å². The van der Waals surface area contributed by atoms with Gasteiger partial charge in [0.2, 0.25) is 0 Å². The first-order chi connectivity index (χ1) is 12.6. The van der Waals surface area contributed by atoms with Gasteiger partial charge in [-0.25, -0.2) is 28.4 Å². The van der Waals surface area contributed by atoms with E-state index in [9.17, 15) is 8.78 Å². The molecular weight excluding hydrogens is 334 g/mol. The summed E-state index contributed by atoms with van der Waals surface area (Å²) in [4.78, 5) is 16.0. The van der Waals surface area contributed by atoms with Gasteiger partial charge in [0.15, 0.2) is 23.0 Å². The molecule has 0 atom stereocenters. The fourth-order valence-corrected chi connectivity index (χ4v) is 3.47. The Hall–Kier alpha value is -3.90. The summed E-state index contributed by atoms with van der Waals surface area (Å²) in [5, 5.41) is 1.30. The Morgan fingerprint density at radius 3 is 1.58 bits per heavy atom. The molecule has 0 spiro atoms. The van der Waals surface area contributed by atoms with Crippen molar-refractivity contribution in [2.24, 2.45) is 0 Å². The Bertz CT molecular complexity index is 1280. The van der Waals surface area contributed by atoms with Gasteiger partial charge in [-0.05, 0) is 10.8 Å². The molecular formula is C20H6F2N4. The summed E-state index contributed by atoms with van der Waals surface area (Å²) < 4.78 is 27.2. The first-order valence-corrected chi connectivity index (χ1v) is 7.64. The molecule has 4 aromatic rings. The van der Waals surface area contributed by atoms with Crippen LogP contribution in [0.15, 0.2) is 36.4 Å². The van der Waals surface area contributed by atoms with E-state index in [0.29, 0.717) is 28.1 Å². The quantitative estimate of drug-likeness (QED) is 0.333. The van der Waals surface area contributed by atoms with Crippen molar-refractivity contribution in [1.82, 2.24) is 9.97 Å². The van der Waals surface area contributed by atoms with Crippen LogP contribution in [-0.4, -0.2) is 9.97 Å². The number of nitrogens with zero attached hydrogens (tertiary/aromatic N) is 4. The average molecular weight is 340 g/mol. The van der Waals surface area contributed by atoms with E-state index in [0.717, 1.165) is 28.6 Å². The van der Waals surface area contributed by atoms with Crippen molar-refractivity contribution in [1.29, 1.82) is 0 Å². The number of fused-ring (bicyclic) bond motifs is 4. The summed E-state index contributed by atoms with van der Waals surface area (Å²) >= 11 is 0. The zero-order valence-corrected chi connectivity index (χ0v) is 13.0. The largest absolute Gasteiger partial charge is 0.244 e. The van der Waals surface area contributed by atoms with Crippen molar-refractivity contribution in [3.63, 3.8) is 0 Å². The SMILES string of the molecule is [C-]#[N+]c1ccc2c3c(ccc([N+]#[C-])c13)-c1nc3cc(F)c(F)cc3nc1-2. The molecule has 0 unspecified atom stereocenters. The topological polar surface area (TPSA) is 34.5 Å². The molecule has 1 aliphatic carbocycles. The molecule has 0 saturated heterocycles. The smallest absolute Gasteiger partial charge is 0.184 e. The molecule has 4 nitrogen and oxygen atoms in total. The maximum atomic E-state index is 13.6. The van der Waals surface area contributed by atoms with Crippen LogP contribution in [0.3, 0.4) is 0 Å². The van der Waals surface area contributed by atoms with E-state index in [1.54, 1.807) is 24.3 Å². The molecule has 0 bridgehead atoms. The third kappa shape index (κ3) is 1.68. The van der Waals surface area contributed by atoms with E-state index < -0.39 is 11.6 Å². The van der Waals surface area contributed by atoms with E-state index in [-0.39, 0.29) is 11.0 Å². The van der Waals surface area contributed by atoms with Gasteiger partial charge in [-0.2, -0.15) is 0 Å². The molecule has 0 fully saturated rings. The Labute approximate surface area is 146 Å². The van der Waals surface area contributed by atoms with Crippen LogP contribution >= 0.6 is 0 Å². The van der Waals surface area contributed by atoms with Gasteiger partial charge < -0.3 is 0 Å². The van der Waals surface area contributed by atoms with Gasteiger partial charge >= 0.3 is 0 Å². The van der Waals surface area contributed by atoms with E-state index in [1.165, 1.54) is 0 Å². The third-order valence-electron chi connectivity index (χ3n) is 4.57. The van der Waals surface area contributed by atoms with Crippen LogP contribution in [0.5, 0.6) is 0 Å². The maximum absolute atomic E-state index is 13.6. The molecule has 1 aromatic heterocycles. The van der Waals surface area contributed by atoms with Gasteiger partial charge in [-0.1, -0.05) is 24.3 Å². The highest BCUT2D eigenvalue weighted by Gasteiger charge is 2.27. The second kappa shape index (κ2) is 4.81. The highest BCUT2D eigenvalue weighted by atomic mass is 19.2. The zero-order chi connectivity index (χ0) is 18.0. The van der Waals surface area contributed by atoms with Crippen molar-refractivity contribution in [3.8, 4) is 22.5 Å². The lowest BCUT2D eigenvalue weighted by molar-refractivity contribution is 0.510. The first kappa shape index (κ1) is 14.4. The molecule has 0 saturated carbocycles. The number of rotatable bonds is 0. The van der Waals surface area contributed by atoms with Gasteiger partial charge in [0.25, 0.3) is 0 Å². The Kier molecular flexibility index (Phi) is 2.67. The number of benzene rings is 3. The molecule has 5 rings (SSSR count). The van der Waals surface area contributed by atoms with Gasteiger partial charge in [0, 0.05) is 23.3 Å². The predicted molar refractivity (Wildman–Crippen MR) is 93.9 cm³/mol. The second-order valence-electron chi connectivity index (χ2n) is 5.91. The first-order valence-electron chi connectivity index (χ1n) is 7.64. The summed E-state index contributed by atoms with van der Waals surface area (Å²) in [5.41, 5.74) is 3.83. The van der Waals surface area contributed by atoms with Gasteiger partial charge in [-0.3, -0.25) is 0 Å². The van der Waals surface area contributed by atoms with Crippen LogP contribution in [0.4, 0.5) is 20.2 Å². The van der Waals surface area contributed by atoms with E-state index in [2.05, 4.69) is 19.7 Å². The number of aromatic nitrogens is 2. The molecule has 1 aliphatic rings. The lowest BCUT2D eigenvalue weighted by Gasteiger charge is -2.05. The minimum absolute atomic E-state index is 0.253. The highest BCUT2D eigenvalue weighted by molar-refractivity contribution is 6.21. The lowest BCUT2D eigenvalue weighted by Crippen LogP contribution is -1.93. The molecule has 6 heteroatoms. The summed E-state index contributed by atoms with van der Waals surface area (Å²) in [6, 6.07) is 8.87. The van der Waals surface area contributed by atoms with Gasteiger partial charge in [0.05, 0.1) is 35.6 Å². The molecule has 3 aromatic carbocycles. The lowest BCUT2D eigenvalue weighted by atomic mass is 10.0. The van der Waals surface area contributed by atoms with E-state index in [4.69, 9.17) is 13.1 Å². The predicted octanol–water partition coefficient (Wildman–Crippen LogP) is 5.81. The van der Waals surface area contributed by atoms with Crippen LogP contribution in [0.1, 0.15) is 0 Å². The van der Waals surface area contributed by atoms with Gasteiger partial charge in [-0.15, -0.1) is 0 Å². The zero-order valence-electron chi connectivity index (χ0n) is 13.0. The fraction of sp³-hybridized carbons (Fsp3) is 0. The van der Waals surface area contributed by atoms with E-state index >= 15 is 0 Å². The number of hydrogen-bond acceptors (Lipinski definition) is 2. The summed E-state index contributed by atoms with van der Waals surface area (Å²) in [7, 11) is 0. The minimum Gasteiger partial charge on any atom is -0.244 e. The van der Waals surface area contributed by atoms with Crippen molar-refractivity contribution >= 4 is 33.2 Å². The molecule has 0 aliphatic heterocycles. The molecule has 120 valence electrons. The summed E-state index contributed by atoms with van der Waals surface area (Å²) in [5.74, 6) is -1.96. The van der Waals surface area contributed by atoms with Gasteiger partial charge in [0.1, 0.15) is 0 Å².